The third-order valence-corrected chi connectivity index (χ3v) is 4.78. The monoisotopic (exact) mass is 283 g/mol. The summed E-state index contributed by atoms with van der Waals surface area (Å²) < 4.78 is 2.03. The lowest BCUT2D eigenvalue weighted by Gasteiger charge is -2.27. The minimum atomic E-state index is -0.120. The maximum Gasteiger partial charge on any atom is 0.0850 e. The Labute approximate surface area is 121 Å². The van der Waals surface area contributed by atoms with Gasteiger partial charge in [-0.3, -0.25) is 4.68 Å². The molecule has 4 heteroatoms. The topological polar surface area (TPSA) is 43.8 Å². The zero-order valence-corrected chi connectivity index (χ0v) is 13.3. The van der Waals surface area contributed by atoms with Crippen LogP contribution in [0.4, 0.5) is 0 Å². The number of aromatic nitrogens is 2. The summed E-state index contributed by atoms with van der Waals surface area (Å²) in [6.45, 7) is 9.66. The molecule has 0 saturated heterocycles. The fourth-order valence-corrected chi connectivity index (χ4v) is 3.72. The van der Waals surface area contributed by atoms with E-state index in [2.05, 4.69) is 32.8 Å². The zero-order chi connectivity index (χ0) is 14.3. The van der Waals surface area contributed by atoms with E-state index >= 15 is 0 Å². The van der Waals surface area contributed by atoms with Crippen LogP contribution in [0.2, 0.25) is 5.02 Å². The maximum absolute atomic E-state index is 6.61. The molecule has 2 N–H and O–H groups in total. The van der Waals surface area contributed by atoms with E-state index in [1.54, 1.807) is 0 Å². The van der Waals surface area contributed by atoms with Gasteiger partial charge in [0.15, 0.2) is 0 Å². The van der Waals surface area contributed by atoms with Gasteiger partial charge in [-0.2, -0.15) is 5.10 Å². The summed E-state index contributed by atoms with van der Waals surface area (Å²) in [7, 11) is 0. The second-order valence-electron chi connectivity index (χ2n) is 6.76. The second kappa shape index (κ2) is 5.10. The number of rotatable bonds is 4. The second-order valence-corrected chi connectivity index (χ2v) is 7.13. The molecule has 0 aliphatic heterocycles. The molecule has 2 rings (SSSR count). The molecule has 1 aromatic rings. The number of halogens is 1. The van der Waals surface area contributed by atoms with E-state index in [0.29, 0.717) is 5.41 Å². The number of nitrogens with two attached hydrogens (primary N) is 1. The smallest absolute Gasteiger partial charge is 0.0850 e. The molecule has 1 aliphatic rings. The van der Waals surface area contributed by atoms with Gasteiger partial charge in [0.05, 0.1) is 16.4 Å². The molecule has 0 amide bonds. The summed E-state index contributed by atoms with van der Waals surface area (Å²) >= 11 is 6.48. The SMILES string of the molecule is CCc1nn(CC)c(CC2(N)CCC(C)(C)C2)c1Cl. The van der Waals surface area contributed by atoms with Crippen molar-refractivity contribution in [1.82, 2.24) is 9.78 Å². The predicted octanol–water partition coefficient (Wildman–Crippen LogP) is 3.57. The van der Waals surface area contributed by atoms with Crippen LogP contribution in [-0.4, -0.2) is 15.3 Å². The van der Waals surface area contributed by atoms with Gasteiger partial charge in [-0.25, -0.2) is 0 Å². The lowest BCUT2D eigenvalue weighted by Crippen LogP contribution is -2.40. The highest BCUT2D eigenvalue weighted by atomic mass is 35.5. The van der Waals surface area contributed by atoms with Crippen LogP contribution in [0.1, 0.15) is 58.3 Å². The van der Waals surface area contributed by atoms with E-state index in [9.17, 15) is 0 Å². The lowest BCUT2D eigenvalue weighted by atomic mass is 9.86. The summed E-state index contributed by atoms with van der Waals surface area (Å²) in [6, 6.07) is 0. The molecule has 1 aliphatic carbocycles. The van der Waals surface area contributed by atoms with Crippen LogP contribution in [0.5, 0.6) is 0 Å². The van der Waals surface area contributed by atoms with Gasteiger partial charge in [0.25, 0.3) is 0 Å². The molecule has 1 aromatic heterocycles. The Bertz CT molecular complexity index is 464. The van der Waals surface area contributed by atoms with Gasteiger partial charge < -0.3 is 5.73 Å². The van der Waals surface area contributed by atoms with Gasteiger partial charge in [-0.05, 0) is 38.0 Å². The Morgan fingerprint density at radius 3 is 2.47 bits per heavy atom. The Balaban J connectivity index is 2.26. The minimum absolute atomic E-state index is 0.120. The van der Waals surface area contributed by atoms with Gasteiger partial charge in [0.1, 0.15) is 0 Å². The third kappa shape index (κ3) is 2.97. The van der Waals surface area contributed by atoms with Crippen molar-refractivity contribution in [3.05, 3.63) is 16.4 Å². The van der Waals surface area contributed by atoms with Crippen LogP contribution in [0, 0.1) is 5.41 Å². The van der Waals surface area contributed by atoms with Crippen molar-refractivity contribution in [2.24, 2.45) is 11.1 Å². The third-order valence-electron chi connectivity index (χ3n) is 4.34. The van der Waals surface area contributed by atoms with Crippen LogP contribution in [0.3, 0.4) is 0 Å². The molecule has 19 heavy (non-hydrogen) atoms. The highest BCUT2D eigenvalue weighted by Crippen LogP contribution is 2.44. The van der Waals surface area contributed by atoms with Crippen LogP contribution in [0.15, 0.2) is 0 Å². The van der Waals surface area contributed by atoms with Crippen LogP contribution in [-0.2, 0) is 19.4 Å². The summed E-state index contributed by atoms with van der Waals surface area (Å²) in [4.78, 5) is 0. The van der Waals surface area contributed by atoms with E-state index in [1.807, 2.05) is 4.68 Å². The maximum atomic E-state index is 6.61. The van der Waals surface area contributed by atoms with E-state index in [-0.39, 0.29) is 5.54 Å². The van der Waals surface area contributed by atoms with E-state index < -0.39 is 0 Å². The average molecular weight is 284 g/mol. The van der Waals surface area contributed by atoms with Gasteiger partial charge in [-0.15, -0.1) is 0 Å². The summed E-state index contributed by atoms with van der Waals surface area (Å²) in [5.41, 5.74) is 8.97. The fourth-order valence-electron chi connectivity index (χ4n) is 3.39. The first-order valence-corrected chi connectivity index (χ1v) is 7.71. The molecule has 1 fully saturated rings. The largest absolute Gasteiger partial charge is 0.325 e. The number of hydrogen-bond donors (Lipinski definition) is 1. The molecule has 0 radical (unpaired) electrons. The van der Waals surface area contributed by atoms with Gasteiger partial charge in [0, 0.05) is 18.5 Å². The molecule has 108 valence electrons. The van der Waals surface area contributed by atoms with Crippen molar-refractivity contribution < 1.29 is 0 Å². The molecule has 1 saturated carbocycles. The van der Waals surface area contributed by atoms with E-state index in [1.165, 1.54) is 6.42 Å². The predicted molar refractivity (Wildman–Crippen MR) is 80.5 cm³/mol. The van der Waals surface area contributed by atoms with Crippen molar-refractivity contribution in [1.29, 1.82) is 0 Å². The quantitative estimate of drug-likeness (QED) is 0.918. The Morgan fingerprint density at radius 1 is 1.32 bits per heavy atom. The minimum Gasteiger partial charge on any atom is -0.325 e. The van der Waals surface area contributed by atoms with Crippen molar-refractivity contribution in [2.75, 3.05) is 0 Å². The van der Waals surface area contributed by atoms with Crippen LogP contribution in [0.25, 0.3) is 0 Å². The highest BCUT2D eigenvalue weighted by molar-refractivity contribution is 6.31. The Kier molecular flexibility index (Phi) is 3.99. The van der Waals surface area contributed by atoms with Crippen molar-refractivity contribution >= 4 is 11.6 Å². The summed E-state index contributed by atoms with van der Waals surface area (Å²) in [5, 5.41) is 5.42. The first kappa shape index (κ1) is 14.9. The number of nitrogens with zero attached hydrogens (tertiary/aromatic N) is 2. The van der Waals surface area contributed by atoms with Gasteiger partial charge >= 0.3 is 0 Å². The summed E-state index contributed by atoms with van der Waals surface area (Å²) in [5.74, 6) is 0. The lowest BCUT2D eigenvalue weighted by molar-refractivity contribution is 0.330. The number of hydrogen-bond acceptors (Lipinski definition) is 2. The van der Waals surface area contributed by atoms with Crippen LogP contribution >= 0.6 is 11.6 Å². The van der Waals surface area contributed by atoms with Gasteiger partial charge in [0.2, 0.25) is 0 Å². The first-order valence-electron chi connectivity index (χ1n) is 7.33. The molecule has 0 spiro atoms. The molecule has 1 heterocycles. The molecular weight excluding hydrogens is 258 g/mol. The Morgan fingerprint density at radius 2 is 2.00 bits per heavy atom. The van der Waals surface area contributed by atoms with Crippen molar-refractivity contribution in [3.63, 3.8) is 0 Å². The first-order chi connectivity index (χ1) is 8.80. The molecular formula is C15H26ClN3. The summed E-state index contributed by atoms with van der Waals surface area (Å²) in [6.07, 6.45) is 5.05. The standard InChI is InChI=1S/C15H26ClN3/c1-5-11-13(16)12(19(6-2)18-11)9-15(17)8-7-14(3,4)10-15/h5-10,17H2,1-4H3. The van der Waals surface area contributed by atoms with Gasteiger partial charge in [-0.1, -0.05) is 32.4 Å². The zero-order valence-electron chi connectivity index (χ0n) is 12.6. The van der Waals surface area contributed by atoms with Crippen LogP contribution < -0.4 is 5.73 Å². The molecule has 3 nitrogen and oxygen atoms in total. The molecule has 0 bridgehead atoms. The van der Waals surface area contributed by atoms with E-state index in [0.717, 1.165) is 48.6 Å². The highest BCUT2D eigenvalue weighted by Gasteiger charge is 2.41. The molecule has 1 unspecified atom stereocenters. The Hall–Kier alpha value is -0.540. The van der Waals surface area contributed by atoms with Crippen molar-refractivity contribution in [2.45, 2.75) is 71.9 Å². The number of aryl methyl sites for hydroxylation is 2. The van der Waals surface area contributed by atoms with E-state index in [4.69, 9.17) is 17.3 Å². The fraction of sp³-hybridized carbons (Fsp3) is 0.800. The molecule has 1 atom stereocenters. The van der Waals surface area contributed by atoms with Crippen molar-refractivity contribution in [3.8, 4) is 0 Å². The molecule has 0 aromatic carbocycles. The normalized spacial score (nSPS) is 26.0. The average Bonchev–Trinajstić information content (AvgIpc) is 2.78.